The van der Waals surface area contributed by atoms with Gasteiger partial charge in [0.05, 0.1) is 0 Å². The van der Waals surface area contributed by atoms with Crippen LogP contribution in [0.4, 0.5) is 0 Å². The Bertz CT molecular complexity index is 209. The van der Waals surface area contributed by atoms with Gasteiger partial charge < -0.3 is 5.32 Å². The summed E-state index contributed by atoms with van der Waals surface area (Å²) < 4.78 is 0. The third kappa shape index (κ3) is 3.96. The lowest BCUT2D eigenvalue weighted by Crippen LogP contribution is -2.51. The molecule has 0 aromatic carbocycles. The van der Waals surface area contributed by atoms with E-state index in [1.54, 1.807) is 0 Å². The van der Waals surface area contributed by atoms with Gasteiger partial charge in [-0.15, -0.1) is 0 Å². The highest BCUT2D eigenvalue weighted by atomic mass is 15.2. The molecule has 100 valence electrons. The fraction of sp³-hybridized carbons (Fsp3) is 1.00. The molecule has 2 aliphatic rings. The molecule has 2 unspecified atom stereocenters. The van der Waals surface area contributed by atoms with Crippen LogP contribution in [0, 0.1) is 0 Å². The summed E-state index contributed by atoms with van der Waals surface area (Å²) in [5, 5.41) is 3.93. The van der Waals surface area contributed by atoms with E-state index in [-0.39, 0.29) is 0 Å². The van der Waals surface area contributed by atoms with Gasteiger partial charge >= 0.3 is 0 Å². The van der Waals surface area contributed by atoms with Crippen molar-refractivity contribution in [1.82, 2.24) is 10.2 Å². The highest BCUT2D eigenvalue weighted by Gasteiger charge is 2.25. The SMILES string of the molecule is CCC(C)N1CCCC(NC2CCCCC2)C1. The molecule has 1 aliphatic carbocycles. The Kier molecular flexibility index (Phi) is 5.30. The second kappa shape index (κ2) is 6.75. The van der Waals surface area contributed by atoms with E-state index in [0.29, 0.717) is 0 Å². The number of nitrogens with one attached hydrogen (secondary N) is 1. The first-order chi connectivity index (χ1) is 8.29. The van der Waals surface area contributed by atoms with E-state index in [1.165, 1.54) is 64.5 Å². The summed E-state index contributed by atoms with van der Waals surface area (Å²) in [6.07, 6.45) is 11.2. The number of likely N-dealkylation sites (tertiary alicyclic amines) is 1. The van der Waals surface area contributed by atoms with E-state index in [4.69, 9.17) is 0 Å². The van der Waals surface area contributed by atoms with Crippen LogP contribution in [0.5, 0.6) is 0 Å². The average molecular weight is 238 g/mol. The third-order valence-corrected chi connectivity index (χ3v) is 4.74. The van der Waals surface area contributed by atoms with Crippen LogP contribution < -0.4 is 5.32 Å². The average Bonchev–Trinajstić information content (AvgIpc) is 2.39. The lowest BCUT2D eigenvalue weighted by molar-refractivity contribution is 0.133. The van der Waals surface area contributed by atoms with Crippen molar-refractivity contribution in [3.05, 3.63) is 0 Å². The van der Waals surface area contributed by atoms with Gasteiger partial charge in [0.15, 0.2) is 0 Å². The minimum absolute atomic E-state index is 0.765. The van der Waals surface area contributed by atoms with Crippen molar-refractivity contribution < 1.29 is 0 Å². The van der Waals surface area contributed by atoms with Crippen molar-refractivity contribution in [2.24, 2.45) is 0 Å². The lowest BCUT2D eigenvalue weighted by Gasteiger charge is -2.39. The third-order valence-electron chi connectivity index (χ3n) is 4.74. The minimum Gasteiger partial charge on any atom is -0.310 e. The zero-order chi connectivity index (χ0) is 12.1. The topological polar surface area (TPSA) is 15.3 Å². The Balaban J connectivity index is 1.76. The van der Waals surface area contributed by atoms with E-state index in [0.717, 1.165) is 18.1 Å². The summed E-state index contributed by atoms with van der Waals surface area (Å²) >= 11 is 0. The minimum atomic E-state index is 0.765. The highest BCUT2D eigenvalue weighted by Crippen LogP contribution is 2.20. The quantitative estimate of drug-likeness (QED) is 0.809. The Morgan fingerprint density at radius 3 is 2.47 bits per heavy atom. The van der Waals surface area contributed by atoms with Crippen molar-refractivity contribution >= 4 is 0 Å². The second-order valence-electron chi connectivity index (χ2n) is 6.09. The summed E-state index contributed by atoms with van der Waals surface area (Å²) in [6.45, 7) is 7.29. The summed E-state index contributed by atoms with van der Waals surface area (Å²) in [5.41, 5.74) is 0. The molecule has 1 heterocycles. The molecule has 0 aromatic rings. The molecule has 0 bridgehead atoms. The number of piperidine rings is 1. The second-order valence-corrected chi connectivity index (χ2v) is 6.09. The molecule has 0 amide bonds. The van der Waals surface area contributed by atoms with Crippen molar-refractivity contribution in [3.8, 4) is 0 Å². The predicted octanol–water partition coefficient (Wildman–Crippen LogP) is 3.17. The molecule has 1 saturated heterocycles. The molecule has 2 fully saturated rings. The number of nitrogens with zero attached hydrogens (tertiary/aromatic N) is 1. The molecule has 1 aliphatic heterocycles. The van der Waals surface area contributed by atoms with E-state index in [9.17, 15) is 0 Å². The predicted molar refractivity (Wildman–Crippen MR) is 74.4 cm³/mol. The van der Waals surface area contributed by atoms with Gasteiger partial charge in [-0.25, -0.2) is 0 Å². The molecule has 2 nitrogen and oxygen atoms in total. The normalized spacial score (nSPS) is 30.4. The zero-order valence-corrected chi connectivity index (χ0v) is 11.8. The van der Waals surface area contributed by atoms with Crippen molar-refractivity contribution in [2.75, 3.05) is 13.1 Å². The highest BCUT2D eigenvalue weighted by molar-refractivity contribution is 4.84. The fourth-order valence-corrected chi connectivity index (χ4v) is 3.40. The molecule has 1 N–H and O–H groups in total. The van der Waals surface area contributed by atoms with Gasteiger partial charge in [0.2, 0.25) is 0 Å². The molecule has 0 radical (unpaired) electrons. The molecule has 2 rings (SSSR count). The summed E-state index contributed by atoms with van der Waals surface area (Å²) in [4.78, 5) is 2.68. The van der Waals surface area contributed by atoms with Gasteiger partial charge in [0.25, 0.3) is 0 Å². The first kappa shape index (κ1) is 13.4. The molecule has 2 atom stereocenters. The van der Waals surface area contributed by atoms with Crippen LogP contribution in [-0.2, 0) is 0 Å². The van der Waals surface area contributed by atoms with Gasteiger partial charge in [-0.2, -0.15) is 0 Å². The van der Waals surface area contributed by atoms with Crippen LogP contribution in [0.25, 0.3) is 0 Å². The van der Waals surface area contributed by atoms with E-state index >= 15 is 0 Å². The van der Waals surface area contributed by atoms with E-state index < -0.39 is 0 Å². The van der Waals surface area contributed by atoms with Gasteiger partial charge in [0, 0.05) is 24.7 Å². The largest absolute Gasteiger partial charge is 0.310 e. The zero-order valence-electron chi connectivity index (χ0n) is 11.8. The van der Waals surface area contributed by atoms with Crippen LogP contribution in [-0.4, -0.2) is 36.1 Å². The molecule has 0 spiro atoms. The molecular weight excluding hydrogens is 208 g/mol. The smallest absolute Gasteiger partial charge is 0.0198 e. The summed E-state index contributed by atoms with van der Waals surface area (Å²) in [5.74, 6) is 0. The fourth-order valence-electron chi connectivity index (χ4n) is 3.40. The van der Waals surface area contributed by atoms with Gasteiger partial charge in [-0.05, 0) is 45.6 Å². The number of rotatable bonds is 4. The lowest BCUT2D eigenvalue weighted by atomic mass is 9.93. The van der Waals surface area contributed by atoms with Crippen LogP contribution >= 0.6 is 0 Å². The maximum Gasteiger partial charge on any atom is 0.0198 e. The van der Waals surface area contributed by atoms with E-state index in [2.05, 4.69) is 24.1 Å². The molecule has 0 aromatic heterocycles. The molecular formula is C15H30N2. The van der Waals surface area contributed by atoms with Crippen LogP contribution in [0.1, 0.15) is 65.2 Å². The van der Waals surface area contributed by atoms with Crippen LogP contribution in [0.15, 0.2) is 0 Å². The molecule has 2 heteroatoms. The maximum atomic E-state index is 3.93. The Labute approximate surface area is 107 Å². The van der Waals surface area contributed by atoms with Crippen LogP contribution in [0.2, 0.25) is 0 Å². The first-order valence-corrected chi connectivity index (χ1v) is 7.79. The van der Waals surface area contributed by atoms with E-state index in [1.807, 2.05) is 0 Å². The monoisotopic (exact) mass is 238 g/mol. The number of hydrogen-bond acceptors (Lipinski definition) is 2. The van der Waals surface area contributed by atoms with Gasteiger partial charge in [0.1, 0.15) is 0 Å². The first-order valence-electron chi connectivity index (χ1n) is 7.79. The standard InChI is InChI=1S/C15H30N2/c1-3-13(2)17-11-7-10-15(12-17)16-14-8-5-4-6-9-14/h13-16H,3-12H2,1-2H3. The Hall–Kier alpha value is -0.0800. The van der Waals surface area contributed by atoms with Crippen molar-refractivity contribution in [3.63, 3.8) is 0 Å². The maximum absolute atomic E-state index is 3.93. The number of hydrogen-bond donors (Lipinski definition) is 1. The summed E-state index contributed by atoms with van der Waals surface area (Å²) in [7, 11) is 0. The van der Waals surface area contributed by atoms with Crippen molar-refractivity contribution in [1.29, 1.82) is 0 Å². The Morgan fingerprint density at radius 2 is 1.76 bits per heavy atom. The molecule has 17 heavy (non-hydrogen) atoms. The molecule has 1 saturated carbocycles. The Morgan fingerprint density at radius 1 is 1.06 bits per heavy atom. The van der Waals surface area contributed by atoms with Crippen LogP contribution in [0.3, 0.4) is 0 Å². The van der Waals surface area contributed by atoms with Gasteiger partial charge in [-0.1, -0.05) is 26.2 Å². The summed E-state index contributed by atoms with van der Waals surface area (Å²) in [6, 6.07) is 2.36. The van der Waals surface area contributed by atoms with Gasteiger partial charge in [-0.3, -0.25) is 4.90 Å². The van der Waals surface area contributed by atoms with Crippen molar-refractivity contribution in [2.45, 2.75) is 83.3 Å².